The van der Waals surface area contributed by atoms with Crippen LogP contribution in [0.1, 0.15) is 6.92 Å². The minimum absolute atomic E-state index is 0.116. The van der Waals surface area contributed by atoms with Crippen molar-refractivity contribution in [2.24, 2.45) is 0 Å². The average Bonchev–Trinajstić information content (AvgIpc) is 2.52. The van der Waals surface area contributed by atoms with E-state index in [1.54, 1.807) is 43.3 Å². The fraction of sp³-hybridized carbons (Fsp3) is 0.125. The summed E-state index contributed by atoms with van der Waals surface area (Å²) < 4.78 is 5.52. The zero-order valence-corrected chi connectivity index (χ0v) is 15.6. The first-order valence-electron chi connectivity index (χ1n) is 6.85. The van der Waals surface area contributed by atoms with E-state index >= 15 is 0 Å². The zero-order chi connectivity index (χ0) is 17.7. The summed E-state index contributed by atoms with van der Waals surface area (Å²) in [7, 11) is 0. The number of rotatable bonds is 4. The van der Waals surface area contributed by atoms with Gasteiger partial charge in [0.15, 0.2) is 11.2 Å². The summed E-state index contributed by atoms with van der Waals surface area (Å²) in [6.45, 7) is 1.58. The SMILES string of the molecule is CC(Oc1ccc(Cl)cc1Cl)C(=O)NC(=S)Nc1ccccc1Cl. The molecule has 1 amide bonds. The molecule has 0 aliphatic rings. The molecule has 0 spiro atoms. The Morgan fingerprint density at radius 3 is 2.50 bits per heavy atom. The lowest BCUT2D eigenvalue weighted by Gasteiger charge is -2.17. The predicted molar refractivity (Wildman–Crippen MR) is 102 cm³/mol. The summed E-state index contributed by atoms with van der Waals surface area (Å²) in [6.07, 6.45) is -0.810. The van der Waals surface area contributed by atoms with Gasteiger partial charge in [-0.1, -0.05) is 46.9 Å². The standard InChI is InChI=1S/C16H13Cl3N2O2S/c1-9(23-14-7-6-10(17)8-12(14)19)15(22)21-16(24)20-13-5-3-2-4-11(13)18/h2-9H,1H3,(H2,20,21,22,24). The summed E-state index contributed by atoms with van der Waals surface area (Å²) in [5.74, 6) is -0.0701. The van der Waals surface area contributed by atoms with E-state index in [-0.39, 0.29) is 5.11 Å². The molecule has 2 rings (SSSR count). The van der Waals surface area contributed by atoms with Gasteiger partial charge in [-0.25, -0.2) is 0 Å². The molecule has 1 atom stereocenters. The van der Waals surface area contributed by atoms with Gasteiger partial charge in [0.2, 0.25) is 0 Å². The summed E-state index contributed by atoms with van der Waals surface area (Å²) in [6, 6.07) is 11.8. The molecular weight excluding hydrogens is 391 g/mol. The van der Waals surface area contributed by atoms with Crippen molar-refractivity contribution in [1.29, 1.82) is 0 Å². The van der Waals surface area contributed by atoms with E-state index in [4.69, 9.17) is 51.8 Å². The van der Waals surface area contributed by atoms with Crippen molar-refractivity contribution >= 4 is 63.7 Å². The largest absolute Gasteiger partial charge is 0.479 e. The number of para-hydroxylation sites is 1. The molecule has 0 bridgehead atoms. The van der Waals surface area contributed by atoms with Crippen LogP contribution in [0.3, 0.4) is 0 Å². The minimum atomic E-state index is -0.810. The maximum Gasteiger partial charge on any atom is 0.266 e. The normalized spacial score (nSPS) is 11.5. The Morgan fingerprint density at radius 2 is 1.83 bits per heavy atom. The number of hydrogen-bond donors (Lipinski definition) is 2. The van der Waals surface area contributed by atoms with Crippen LogP contribution in [0.2, 0.25) is 15.1 Å². The fourth-order valence-electron chi connectivity index (χ4n) is 1.74. The third kappa shape index (κ3) is 5.24. The molecule has 0 aliphatic heterocycles. The van der Waals surface area contributed by atoms with Gasteiger partial charge in [0.1, 0.15) is 5.75 Å². The van der Waals surface area contributed by atoms with Crippen molar-refractivity contribution in [3.05, 3.63) is 57.5 Å². The van der Waals surface area contributed by atoms with Gasteiger partial charge < -0.3 is 10.1 Å². The number of carbonyl (C=O) groups is 1. The molecule has 0 aliphatic carbocycles. The highest BCUT2D eigenvalue weighted by Gasteiger charge is 2.17. The molecule has 2 N–H and O–H groups in total. The molecule has 0 heterocycles. The Labute approximate surface area is 160 Å². The number of carbonyl (C=O) groups excluding carboxylic acids is 1. The number of anilines is 1. The summed E-state index contributed by atoms with van der Waals surface area (Å²) >= 11 is 23.0. The van der Waals surface area contributed by atoms with E-state index in [1.807, 2.05) is 0 Å². The molecule has 0 fully saturated rings. The predicted octanol–water partition coefficient (Wildman–Crippen LogP) is 4.93. The van der Waals surface area contributed by atoms with Crippen LogP contribution in [-0.2, 0) is 4.79 Å². The molecule has 2 aromatic carbocycles. The summed E-state index contributed by atoms with van der Waals surface area (Å²) in [5, 5.41) is 6.79. The van der Waals surface area contributed by atoms with Gasteiger partial charge in [-0.05, 0) is 49.5 Å². The molecule has 1 unspecified atom stereocenters. The van der Waals surface area contributed by atoms with Crippen molar-refractivity contribution < 1.29 is 9.53 Å². The minimum Gasteiger partial charge on any atom is -0.479 e. The number of halogens is 3. The second-order valence-electron chi connectivity index (χ2n) is 4.76. The van der Waals surface area contributed by atoms with Gasteiger partial charge >= 0.3 is 0 Å². The van der Waals surface area contributed by atoms with Crippen molar-refractivity contribution in [1.82, 2.24) is 5.32 Å². The van der Waals surface area contributed by atoms with E-state index in [2.05, 4.69) is 10.6 Å². The van der Waals surface area contributed by atoms with Gasteiger partial charge in [-0.15, -0.1) is 0 Å². The van der Waals surface area contributed by atoms with Gasteiger partial charge in [-0.2, -0.15) is 0 Å². The van der Waals surface area contributed by atoms with Crippen LogP contribution in [0.15, 0.2) is 42.5 Å². The van der Waals surface area contributed by atoms with Crippen molar-refractivity contribution in [3.63, 3.8) is 0 Å². The Balaban J connectivity index is 1.93. The number of ether oxygens (including phenoxy) is 1. The first kappa shape index (κ1) is 18.8. The highest BCUT2D eigenvalue weighted by molar-refractivity contribution is 7.80. The molecular formula is C16H13Cl3N2O2S. The molecule has 24 heavy (non-hydrogen) atoms. The number of hydrogen-bond acceptors (Lipinski definition) is 3. The highest BCUT2D eigenvalue weighted by atomic mass is 35.5. The number of benzene rings is 2. The lowest BCUT2D eigenvalue weighted by atomic mass is 10.3. The van der Waals surface area contributed by atoms with Gasteiger partial charge in [0, 0.05) is 5.02 Å². The van der Waals surface area contributed by atoms with Gasteiger partial charge in [-0.3, -0.25) is 10.1 Å². The molecule has 0 radical (unpaired) electrons. The van der Waals surface area contributed by atoms with E-state index < -0.39 is 12.0 Å². The van der Waals surface area contributed by atoms with Crippen LogP contribution in [0, 0.1) is 0 Å². The molecule has 0 saturated carbocycles. The Morgan fingerprint density at radius 1 is 1.12 bits per heavy atom. The maximum atomic E-state index is 12.1. The van der Waals surface area contributed by atoms with E-state index in [9.17, 15) is 4.79 Å². The number of amides is 1. The highest BCUT2D eigenvalue weighted by Crippen LogP contribution is 2.28. The number of thiocarbonyl (C=S) groups is 1. The first-order valence-corrected chi connectivity index (χ1v) is 8.39. The number of nitrogens with one attached hydrogen (secondary N) is 2. The van der Waals surface area contributed by atoms with Crippen molar-refractivity contribution in [3.8, 4) is 5.75 Å². The topological polar surface area (TPSA) is 50.4 Å². The fourth-order valence-corrected chi connectivity index (χ4v) is 2.59. The summed E-state index contributed by atoms with van der Waals surface area (Å²) in [4.78, 5) is 12.1. The molecule has 126 valence electrons. The van der Waals surface area contributed by atoms with Crippen LogP contribution in [-0.4, -0.2) is 17.1 Å². The van der Waals surface area contributed by atoms with Crippen LogP contribution < -0.4 is 15.4 Å². The maximum absolute atomic E-state index is 12.1. The molecule has 0 aromatic heterocycles. The quantitative estimate of drug-likeness (QED) is 0.711. The lowest BCUT2D eigenvalue weighted by molar-refractivity contribution is -0.125. The van der Waals surface area contributed by atoms with E-state index in [0.717, 1.165) is 0 Å². The Bertz CT molecular complexity index is 771. The Hall–Kier alpha value is -1.53. The molecule has 4 nitrogen and oxygen atoms in total. The molecule has 8 heteroatoms. The van der Waals surface area contributed by atoms with Gasteiger partial charge in [0.25, 0.3) is 5.91 Å². The third-order valence-corrected chi connectivity index (χ3v) is 3.99. The second kappa shape index (κ2) is 8.53. The lowest BCUT2D eigenvalue weighted by Crippen LogP contribution is -2.42. The van der Waals surface area contributed by atoms with Crippen LogP contribution in [0.25, 0.3) is 0 Å². The monoisotopic (exact) mass is 402 g/mol. The smallest absolute Gasteiger partial charge is 0.266 e. The van der Waals surface area contributed by atoms with Crippen LogP contribution in [0.4, 0.5) is 5.69 Å². The average molecular weight is 404 g/mol. The van der Waals surface area contributed by atoms with Gasteiger partial charge in [0.05, 0.1) is 15.7 Å². The Kier molecular flexibility index (Phi) is 6.69. The van der Waals surface area contributed by atoms with Crippen LogP contribution in [0.5, 0.6) is 5.75 Å². The second-order valence-corrected chi connectivity index (χ2v) is 6.42. The summed E-state index contributed by atoms with van der Waals surface area (Å²) in [5.41, 5.74) is 0.596. The van der Waals surface area contributed by atoms with Crippen molar-refractivity contribution in [2.45, 2.75) is 13.0 Å². The first-order chi connectivity index (χ1) is 11.4. The molecule has 0 saturated heterocycles. The van der Waals surface area contributed by atoms with E-state index in [1.165, 1.54) is 6.07 Å². The zero-order valence-electron chi connectivity index (χ0n) is 12.5. The third-order valence-electron chi connectivity index (χ3n) is 2.93. The molecule has 2 aromatic rings. The van der Waals surface area contributed by atoms with E-state index in [0.29, 0.717) is 26.5 Å². The van der Waals surface area contributed by atoms with Crippen molar-refractivity contribution in [2.75, 3.05) is 5.32 Å². The van der Waals surface area contributed by atoms with Crippen LogP contribution >= 0.6 is 47.0 Å².